The van der Waals surface area contributed by atoms with Gasteiger partial charge in [0, 0.05) is 13.0 Å². The molecule has 1 amide bonds. The van der Waals surface area contributed by atoms with Crippen molar-refractivity contribution >= 4 is 16.9 Å². The molecule has 0 bridgehead atoms. The van der Waals surface area contributed by atoms with Crippen LogP contribution in [0.15, 0.2) is 36.2 Å². The molecule has 31 heavy (non-hydrogen) atoms. The average molecular weight is 422 g/mol. The Morgan fingerprint density at radius 2 is 2.16 bits per heavy atom. The first-order valence-electron chi connectivity index (χ1n) is 11.0. The van der Waals surface area contributed by atoms with Crippen molar-refractivity contribution in [3.05, 3.63) is 47.6 Å². The molecule has 164 valence electrons. The zero-order valence-electron chi connectivity index (χ0n) is 18.7. The van der Waals surface area contributed by atoms with Gasteiger partial charge in [0.05, 0.1) is 11.0 Å². The summed E-state index contributed by atoms with van der Waals surface area (Å²) in [5, 5.41) is 13.9. The van der Waals surface area contributed by atoms with E-state index >= 15 is 0 Å². The number of aromatic amines is 1. The number of nitrogens with one attached hydrogen (secondary N) is 2. The molecule has 0 fully saturated rings. The number of benzene rings is 1. The molecule has 3 aromatic rings. The second-order valence-electron chi connectivity index (χ2n) is 9.13. The van der Waals surface area contributed by atoms with E-state index < -0.39 is 0 Å². The molecule has 2 N–H and O–H groups in total. The standard InChI is InChI=1S/C23H31N7O/c1-14(2)19-9-17(10-22-26-20-6-5-15(3)7-21(20)27-22)16(4)8-18(19)11-24-23(31)12-30-13-25-28-29-30/h5-8,13-14,17-19H,9-12H2,1-4H3,(H,24,31)(H,26,27)/t17-,18-,19-/m0/s1. The zero-order valence-corrected chi connectivity index (χ0v) is 18.7. The lowest BCUT2D eigenvalue weighted by molar-refractivity contribution is -0.122. The number of fused-ring (bicyclic) bond motifs is 1. The summed E-state index contributed by atoms with van der Waals surface area (Å²) in [5.41, 5.74) is 4.76. The first kappa shape index (κ1) is 21.2. The number of nitrogens with zero attached hydrogens (tertiary/aromatic N) is 5. The van der Waals surface area contributed by atoms with Gasteiger partial charge in [-0.05, 0) is 72.1 Å². The molecule has 1 aliphatic rings. The van der Waals surface area contributed by atoms with Gasteiger partial charge in [-0.2, -0.15) is 0 Å². The predicted octanol–water partition coefficient (Wildman–Crippen LogP) is 3.07. The Labute approximate surface area is 182 Å². The molecule has 0 spiro atoms. The number of tetrazole rings is 1. The molecule has 0 radical (unpaired) electrons. The summed E-state index contributed by atoms with van der Waals surface area (Å²) < 4.78 is 1.43. The number of carbonyl (C=O) groups is 1. The molecule has 1 aromatic carbocycles. The zero-order chi connectivity index (χ0) is 22.0. The topological polar surface area (TPSA) is 101 Å². The van der Waals surface area contributed by atoms with Gasteiger partial charge in [0.15, 0.2) is 0 Å². The van der Waals surface area contributed by atoms with E-state index in [0.717, 1.165) is 29.7 Å². The van der Waals surface area contributed by atoms with Crippen molar-refractivity contribution in [1.82, 2.24) is 35.5 Å². The van der Waals surface area contributed by atoms with Crippen LogP contribution in [0.2, 0.25) is 0 Å². The van der Waals surface area contributed by atoms with Crippen LogP contribution in [-0.2, 0) is 17.8 Å². The lowest BCUT2D eigenvalue weighted by Gasteiger charge is -2.37. The Kier molecular flexibility index (Phi) is 6.15. The van der Waals surface area contributed by atoms with Crippen LogP contribution in [0.1, 0.15) is 38.6 Å². The number of aryl methyl sites for hydroxylation is 1. The summed E-state index contributed by atoms with van der Waals surface area (Å²) in [6.45, 7) is 9.64. The van der Waals surface area contributed by atoms with Crippen LogP contribution in [0.4, 0.5) is 0 Å². The minimum absolute atomic E-state index is 0.0689. The van der Waals surface area contributed by atoms with E-state index in [2.05, 4.69) is 77.8 Å². The minimum atomic E-state index is -0.0689. The Balaban J connectivity index is 1.43. The molecule has 0 unspecified atom stereocenters. The van der Waals surface area contributed by atoms with Gasteiger partial charge in [0.1, 0.15) is 18.7 Å². The normalized spacial score (nSPS) is 21.5. The summed E-state index contributed by atoms with van der Waals surface area (Å²) >= 11 is 0. The number of imidazole rings is 1. The molecular formula is C23H31N7O. The smallest absolute Gasteiger partial charge is 0.241 e. The monoisotopic (exact) mass is 421 g/mol. The lowest BCUT2D eigenvalue weighted by atomic mass is 9.70. The number of allylic oxidation sites excluding steroid dienone is 1. The predicted molar refractivity (Wildman–Crippen MR) is 119 cm³/mol. The third-order valence-electron chi connectivity index (χ3n) is 6.44. The van der Waals surface area contributed by atoms with Gasteiger partial charge in [-0.3, -0.25) is 4.79 Å². The van der Waals surface area contributed by atoms with E-state index in [-0.39, 0.29) is 12.5 Å². The Morgan fingerprint density at radius 3 is 2.90 bits per heavy atom. The molecule has 0 saturated heterocycles. The molecule has 1 aliphatic carbocycles. The van der Waals surface area contributed by atoms with Crippen molar-refractivity contribution in [2.45, 2.75) is 47.1 Å². The van der Waals surface area contributed by atoms with Gasteiger partial charge in [-0.1, -0.05) is 31.6 Å². The van der Waals surface area contributed by atoms with Crippen LogP contribution in [0.25, 0.3) is 11.0 Å². The summed E-state index contributed by atoms with van der Waals surface area (Å²) in [6, 6.07) is 6.34. The van der Waals surface area contributed by atoms with E-state index in [4.69, 9.17) is 4.98 Å². The second-order valence-corrected chi connectivity index (χ2v) is 9.13. The van der Waals surface area contributed by atoms with E-state index in [1.165, 1.54) is 22.1 Å². The van der Waals surface area contributed by atoms with Crippen LogP contribution < -0.4 is 5.32 Å². The van der Waals surface area contributed by atoms with Gasteiger partial charge < -0.3 is 10.3 Å². The molecular weight excluding hydrogens is 390 g/mol. The second kappa shape index (κ2) is 8.99. The van der Waals surface area contributed by atoms with E-state index in [1.807, 2.05) is 0 Å². The fourth-order valence-corrected chi connectivity index (χ4v) is 4.70. The number of carbonyl (C=O) groups excluding carboxylic acids is 1. The van der Waals surface area contributed by atoms with E-state index in [1.54, 1.807) is 0 Å². The third kappa shape index (κ3) is 5.00. The largest absolute Gasteiger partial charge is 0.354 e. The number of H-pyrrole nitrogens is 1. The van der Waals surface area contributed by atoms with Crippen molar-refractivity contribution in [2.24, 2.45) is 23.7 Å². The van der Waals surface area contributed by atoms with Gasteiger partial charge >= 0.3 is 0 Å². The summed E-state index contributed by atoms with van der Waals surface area (Å²) in [4.78, 5) is 20.6. The van der Waals surface area contributed by atoms with Crippen LogP contribution in [0.3, 0.4) is 0 Å². The maximum atomic E-state index is 12.3. The molecule has 4 rings (SSSR count). The molecule has 8 nitrogen and oxygen atoms in total. The highest BCUT2D eigenvalue weighted by molar-refractivity contribution is 5.76. The molecule has 0 saturated carbocycles. The van der Waals surface area contributed by atoms with Gasteiger partial charge in [-0.25, -0.2) is 9.67 Å². The summed E-state index contributed by atoms with van der Waals surface area (Å²) in [6.07, 6.45) is 5.83. The Hall–Kier alpha value is -3.03. The molecule has 2 heterocycles. The number of rotatable bonds is 7. The van der Waals surface area contributed by atoms with Crippen molar-refractivity contribution in [2.75, 3.05) is 6.54 Å². The van der Waals surface area contributed by atoms with Crippen molar-refractivity contribution in [1.29, 1.82) is 0 Å². The summed E-state index contributed by atoms with van der Waals surface area (Å²) in [5.74, 6) is 2.81. The van der Waals surface area contributed by atoms with Gasteiger partial charge in [0.2, 0.25) is 5.91 Å². The molecule has 2 aromatic heterocycles. The Morgan fingerprint density at radius 1 is 1.32 bits per heavy atom. The maximum Gasteiger partial charge on any atom is 0.241 e. The Bertz CT molecular complexity index is 1070. The van der Waals surface area contributed by atoms with Gasteiger partial charge in [0.25, 0.3) is 0 Å². The van der Waals surface area contributed by atoms with Crippen LogP contribution in [0.5, 0.6) is 0 Å². The average Bonchev–Trinajstić information content (AvgIpc) is 3.36. The number of amides is 1. The first-order chi connectivity index (χ1) is 14.9. The lowest BCUT2D eigenvalue weighted by Crippen LogP contribution is -2.38. The summed E-state index contributed by atoms with van der Waals surface area (Å²) in [7, 11) is 0. The van der Waals surface area contributed by atoms with E-state index in [9.17, 15) is 4.79 Å². The minimum Gasteiger partial charge on any atom is -0.354 e. The van der Waals surface area contributed by atoms with Crippen molar-refractivity contribution in [3.8, 4) is 0 Å². The molecule has 8 heteroatoms. The highest BCUT2D eigenvalue weighted by atomic mass is 16.2. The highest BCUT2D eigenvalue weighted by Crippen LogP contribution is 2.38. The van der Waals surface area contributed by atoms with Crippen LogP contribution in [0, 0.1) is 30.6 Å². The first-order valence-corrected chi connectivity index (χ1v) is 11.0. The number of aromatic nitrogens is 6. The number of hydrogen-bond acceptors (Lipinski definition) is 5. The quantitative estimate of drug-likeness (QED) is 0.571. The number of hydrogen-bond donors (Lipinski definition) is 2. The highest BCUT2D eigenvalue weighted by Gasteiger charge is 2.32. The molecule has 3 atom stereocenters. The van der Waals surface area contributed by atoms with Crippen LogP contribution >= 0.6 is 0 Å². The van der Waals surface area contributed by atoms with E-state index in [0.29, 0.717) is 30.2 Å². The van der Waals surface area contributed by atoms with Crippen molar-refractivity contribution in [3.63, 3.8) is 0 Å². The third-order valence-corrected chi connectivity index (χ3v) is 6.44. The van der Waals surface area contributed by atoms with Crippen LogP contribution in [-0.4, -0.2) is 42.6 Å². The maximum absolute atomic E-state index is 12.3. The molecule has 0 aliphatic heterocycles. The van der Waals surface area contributed by atoms with Gasteiger partial charge in [-0.15, -0.1) is 5.10 Å². The fraction of sp³-hybridized carbons (Fsp3) is 0.522. The fourth-order valence-electron chi connectivity index (χ4n) is 4.70. The van der Waals surface area contributed by atoms with Crippen molar-refractivity contribution < 1.29 is 4.79 Å². The SMILES string of the molecule is CC1=C[C@@H](CNC(=O)Cn2cnnn2)[C@H](C(C)C)C[C@H]1Cc1nc2ccc(C)cc2[nH]1.